The van der Waals surface area contributed by atoms with Crippen LogP contribution < -0.4 is 5.32 Å². The fourth-order valence-electron chi connectivity index (χ4n) is 3.65. The van der Waals surface area contributed by atoms with Gasteiger partial charge in [-0.25, -0.2) is 9.97 Å². The zero-order valence-electron chi connectivity index (χ0n) is 18.3. The van der Waals surface area contributed by atoms with Crippen molar-refractivity contribution in [2.24, 2.45) is 0 Å². The predicted octanol–water partition coefficient (Wildman–Crippen LogP) is 5.16. The second kappa shape index (κ2) is 7.88. The number of nitrogens with zero attached hydrogens (tertiary/aromatic N) is 4. The molecule has 162 valence electrons. The van der Waals surface area contributed by atoms with Crippen LogP contribution in [0.2, 0.25) is 0 Å². The van der Waals surface area contributed by atoms with Crippen molar-refractivity contribution < 1.29 is 9.72 Å². The molecular formula is C24H23N5O3. The summed E-state index contributed by atoms with van der Waals surface area (Å²) in [5, 5.41) is 13.8. The number of nitro benzene ring substituents is 1. The Hall–Kier alpha value is -4.07. The maximum absolute atomic E-state index is 13.1. The highest BCUT2D eigenvalue weighted by Gasteiger charge is 2.20. The first-order chi connectivity index (χ1) is 15.1. The van der Waals surface area contributed by atoms with Crippen LogP contribution in [0, 0.1) is 17.0 Å². The van der Waals surface area contributed by atoms with Gasteiger partial charge in [-0.2, -0.15) is 0 Å². The zero-order valence-corrected chi connectivity index (χ0v) is 18.3. The van der Waals surface area contributed by atoms with Crippen molar-refractivity contribution in [3.8, 4) is 11.1 Å². The number of hydrogen-bond donors (Lipinski definition) is 1. The molecule has 0 saturated carbocycles. The Morgan fingerprint density at radius 1 is 1.06 bits per heavy atom. The summed E-state index contributed by atoms with van der Waals surface area (Å²) in [6, 6.07) is 11.7. The van der Waals surface area contributed by atoms with Gasteiger partial charge in [0, 0.05) is 35.0 Å². The van der Waals surface area contributed by atoms with E-state index < -0.39 is 4.92 Å². The number of fused-ring (bicyclic) bond motifs is 1. The lowest BCUT2D eigenvalue weighted by Crippen LogP contribution is -2.16. The van der Waals surface area contributed by atoms with Gasteiger partial charge in [-0.05, 0) is 41.8 Å². The van der Waals surface area contributed by atoms with Crippen LogP contribution in [0.25, 0.3) is 16.9 Å². The summed E-state index contributed by atoms with van der Waals surface area (Å²) < 4.78 is 1.88. The van der Waals surface area contributed by atoms with E-state index in [4.69, 9.17) is 0 Å². The van der Waals surface area contributed by atoms with Crippen LogP contribution in [0.4, 0.5) is 11.4 Å². The van der Waals surface area contributed by atoms with E-state index in [-0.39, 0.29) is 17.0 Å². The third-order valence-electron chi connectivity index (χ3n) is 5.36. The summed E-state index contributed by atoms with van der Waals surface area (Å²) in [7, 11) is 0. The number of carbonyl (C=O) groups excluding carboxylic acids is 1. The second-order valence-electron chi connectivity index (χ2n) is 8.64. The molecule has 2 aromatic carbocycles. The van der Waals surface area contributed by atoms with Crippen molar-refractivity contribution in [3.05, 3.63) is 88.0 Å². The maximum atomic E-state index is 13.1. The van der Waals surface area contributed by atoms with Gasteiger partial charge in [-0.3, -0.25) is 19.3 Å². The first-order valence-electron chi connectivity index (χ1n) is 10.1. The van der Waals surface area contributed by atoms with Gasteiger partial charge in [0.15, 0.2) is 0 Å². The molecule has 4 aromatic rings. The number of anilines is 1. The summed E-state index contributed by atoms with van der Waals surface area (Å²) in [5.41, 5.74) is 4.40. The highest BCUT2D eigenvalue weighted by Crippen LogP contribution is 2.28. The second-order valence-corrected chi connectivity index (χ2v) is 8.64. The lowest BCUT2D eigenvalue weighted by atomic mass is 9.93. The zero-order chi connectivity index (χ0) is 23.0. The molecule has 0 aliphatic rings. The smallest absolute Gasteiger partial charge is 0.269 e. The third-order valence-corrected chi connectivity index (χ3v) is 5.36. The molecule has 0 saturated heterocycles. The van der Waals surface area contributed by atoms with Crippen LogP contribution in [0.3, 0.4) is 0 Å². The minimum absolute atomic E-state index is 0.0253. The molecule has 0 unspecified atom stereocenters. The molecule has 1 N–H and O–H groups in total. The summed E-state index contributed by atoms with van der Waals surface area (Å²) >= 11 is 0. The number of benzene rings is 2. The Bertz CT molecular complexity index is 1330. The van der Waals surface area contributed by atoms with Crippen molar-refractivity contribution >= 4 is 23.1 Å². The average Bonchev–Trinajstić information content (AvgIpc) is 3.18. The molecule has 0 spiro atoms. The molecule has 1 amide bonds. The van der Waals surface area contributed by atoms with E-state index in [2.05, 4.69) is 36.1 Å². The molecule has 4 rings (SSSR count). The van der Waals surface area contributed by atoms with Gasteiger partial charge < -0.3 is 5.32 Å². The third kappa shape index (κ3) is 3.94. The minimum atomic E-state index is -0.434. The molecule has 0 aliphatic heterocycles. The topological polar surface area (TPSA) is 102 Å². The maximum Gasteiger partial charge on any atom is 0.269 e. The SMILES string of the molecule is Cc1c(C(=O)Nc2cnc3ncc(C(C)(C)C)n3c2)cccc1-c1ccc([N+](=O)[O-])cc1. The van der Waals surface area contributed by atoms with Gasteiger partial charge in [-0.15, -0.1) is 0 Å². The number of nitrogens with one attached hydrogen (secondary N) is 1. The summed E-state index contributed by atoms with van der Waals surface area (Å²) in [4.78, 5) is 32.2. The van der Waals surface area contributed by atoms with E-state index in [9.17, 15) is 14.9 Å². The average molecular weight is 429 g/mol. The molecule has 8 nitrogen and oxygen atoms in total. The van der Waals surface area contributed by atoms with E-state index in [1.807, 2.05) is 23.6 Å². The fourth-order valence-corrected chi connectivity index (χ4v) is 3.65. The van der Waals surface area contributed by atoms with Crippen molar-refractivity contribution in [2.45, 2.75) is 33.1 Å². The van der Waals surface area contributed by atoms with E-state index in [1.54, 1.807) is 36.7 Å². The molecule has 0 atom stereocenters. The largest absolute Gasteiger partial charge is 0.319 e. The molecule has 0 aliphatic carbocycles. The summed E-state index contributed by atoms with van der Waals surface area (Å²) in [6.07, 6.45) is 5.21. The van der Waals surface area contributed by atoms with Gasteiger partial charge in [0.1, 0.15) is 0 Å². The highest BCUT2D eigenvalue weighted by atomic mass is 16.6. The Morgan fingerprint density at radius 2 is 1.75 bits per heavy atom. The van der Waals surface area contributed by atoms with Gasteiger partial charge in [-0.1, -0.05) is 32.9 Å². The van der Waals surface area contributed by atoms with Crippen LogP contribution in [0.1, 0.15) is 42.4 Å². The Morgan fingerprint density at radius 3 is 2.41 bits per heavy atom. The number of aromatic nitrogens is 3. The molecule has 0 fully saturated rings. The van der Waals surface area contributed by atoms with Gasteiger partial charge in [0.25, 0.3) is 11.6 Å². The highest BCUT2D eigenvalue weighted by molar-refractivity contribution is 6.06. The molecule has 2 aromatic heterocycles. The van der Waals surface area contributed by atoms with Crippen LogP contribution in [-0.4, -0.2) is 25.2 Å². The van der Waals surface area contributed by atoms with Crippen LogP contribution in [-0.2, 0) is 5.41 Å². The quantitative estimate of drug-likeness (QED) is 0.356. The van der Waals surface area contributed by atoms with Crippen molar-refractivity contribution in [2.75, 3.05) is 5.32 Å². The lowest BCUT2D eigenvalue weighted by molar-refractivity contribution is -0.384. The summed E-state index contributed by atoms with van der Waals surface area (Å²) in [6.45, 7) is 8.14. The minimum Gasteiger partial charge on any atom is -0.319 e. The molecule has 32 heavy (non-hydrogen) atoms. The number of nitro groups is 1. The standard InChI is InChI=1S/C24H23N5O3/c1-15-19(16-8-10-18(11-9-16)29(31)32)6-5-7-20(15)22(30)27-17-12-25-23-26-13-21(24(2,3)4)28(23)14-17/h5-14H,1-4H3,(H,27,30). The van der Waals surface area contributed by atoms with E-state index >= 15 is 0 Å². The molecule has 0 radical (unpaired) electrons. The monoisotopic (exact) mass is 429 g/mol. The first-order valence-corrected chi connectivity index (χ1v) is 10.1. The number of hydrogen-bond acceptors (Lipinski definition) is 5. The van der Waals surface area contributed by atoms with Crippen LogP contribution in [0.5, 0.6) is 0 Å². The Balaban J connectivity index is 1.64. The number of amides is 1. The number of rotatable bonds is 4. The lowest BCUT2D eigenvalue weighted by Gasteiger charge is -2.18. The van der Waals surface area contributed by atoms with E-state index in [0.29, 0.717) is 17.0 Å². The number of imidazole rings is 1. The van der Waals surface area contributed by atoms with Crippen molar-refractivity contribution in [1.29, 1.82) is 0 Å². The number of carbonyl (C=O) groups is 1. The Labute approximate surface area is 185 Å². The predicted molar refractivity (Wildman–Crippen MR) is 123 cm³/mol. The normalized spacial score (nSPS) is 11.5. The van der Waals surface area contributed by atoms with Crippen LogP contribution >= 0.6 is 0 Å². The van der Waals surface area contributed by atoms with Gasteiger partial charge >= 0.3 is 0 Å². The molecule has 8 heteroatoms. The van der Waals surface area contributed by atoms with Crippen molar-refractivity contribution in [1.82, 2.24) is 14.4 Å². The molecular weight excluding hydrogens is 406 g/mol. The van der Waals surface area contributed by atoms with E-state index in [0.717, 1.165) is 22.4 Å². The number of non-ortho nitro benzene ring substituents is 1. The molecule has 0 bridgehead atoms. The first kappa shape index (κ1) is 21.2. The van der Waals surface area contributed by atoms with E-state index in [1.165, 1.54) is 12.1 Å². The summed E-state index contributed by atoms with van der Waals surface area (Å²) in [5.74, 6) is 0.314. The van der Waals surface area contributed by atoms with Gasteiger partial charge in [0.2, 0.25) is 5.78 Å². The van der Waals surface area contributed by atoms with Crippen LogP contribution in [0.15, 0.2) is 61.1 Å². The van der Waals surface area contributed by atoms with Crippen molar-refractivity contribution in [3.63, 3.8) is 0 Å². The van der Waals surface area contributed by atoms with Gasteiger partial charge in [0.05, 0.1) is 23.0 Å². The fraction of sp³-hybridized carbons (Fsp3) is 0.208. The molecule has 2 heterocycles. The Kier molecular flexibility index (Phi) is 5.22.